The SMILES string of the molecule is C=C(C)[C@@H]1C[C@@H](c2ccc(Cl)cc2)[C@@H](CC(C)C)O[C@H]1c1cc(Cl)cc(Br)c1OCC(=O)O. The number of aliphatic carboxylic acids is 1. The molecule has 0 aliphatic carbocycles. The topological polar surface area (TPSA) is 55.8 Å². The number of benzene rings is 2. The average Bonchev–Trinajstić information content (AvgIpc) is 2.72. The lowest BCUT2D eigenvalue weighted by Gasteiger charge is -2.43. The Bertz CT molecular complexity index is 1010. The lowest BCUT2D eigenvalue weighted by atomic mass is 9.74. The van der Waals surface area contributed by atoms with Crippen LogP contribution in [-0.4, -0.2) is 23.8 Å². The number of carboxylic acids is 1. The molecule has 1 saturated heterocycles. The summed E-state index contributed by atoms with van der Waals surface area (Å²) < 4.78 is 13.1. The highest BCUT2D eigenvalue weighted by molar-refractivity contribution is 9.10. The maximum Gasteiger partial charge on any atom is 0.341 e. The maximum atomic E-state index is 11.2. The van der Waals surface area contributed by atoms with E-state index in [1.807, 2.05) is 19.1 Å². The fourth-order valence-electron chi connectivity index (χ4n) is 4.50. The molecular weight excluding hydrogens is 527 g/mol. The molecule has 33 heavy (non-hydrogen) atoms. The zero-order valence-corrected chi connectivity index (χ0v) is 22.1. The van der Waals surface area contributed by atoms with Gasteiger partial charge < -0.3 is 14.6 Å². The van der Waals surface area contributed by atoms with Gasteiger partial charge >= 0.3 is 5.97 Å². The lowest BCUT2D eigenvalue weighted by molar-refractivity contribution is -0.139. The number of ether oxygens (including phenoxy) is 2. The highest BCUT2D eigenvalue weighted by Gasteiger charge is 2.41. The van der Waals surface area contributed by atoms with Crippen LogP contribution < -0.4 is 4.74 Å². The third-order valence-electron chi connectivity index (χ3n) is 5.96. The van der Waals surface area contributed by atoms with Crippen molar-refractivity contribution in [2.75, 3.05) is 6.61 Å². The van der Waals surface area contributed by atoms with E-state index in [1.165, 1.54) is 5.56 Å². The van der Waals surface area contributed by atoms with Gasteiger partial charge in [0.05, 0.1) is 16.7 Å². The molecule has 0 amide bonds. The van der Waals surface area contributed by atoms with Crippen molar-refractivity contribution in [2.45, 2.75) is 51.7 Å². The summed E-state index contributed by atoms with van der Waals surface area (Å²) in [5.41, 5.74) is 2.90. The minimum Gasteiger partial charge on any atom is -0.480 e. The first-order chi connectivity index (χ1) is 15.6. The van der Waals surface area contributed by atoms with Gasteiger partial charge in [0.25, 0.3) is 0 Å². The summed E-state index contributed by atoms with van der Waals surface area (Å²) in [4.78, 5) is 11.2. The Morgan fingerprint density at radius 1 is 1.24 bits per heavy atom. The molecular formula is C26H29BrCl2O4. The average molecular weight is 556 g/mol. The van der Waals surface area contributed by atoms with Gasteiger partial charge in [-0.1, -0.05) is 61.3 Å². The molecule has 0 aromatic heterocycles. The predicted octanol–water partition coefficient (Wildman–Crippen LogP) is 8.07. The molecule has 0 radical (unpaired) electrons. The summed E-state index contributed by atoms with van der Waals surface area (Å²) in [5, 5.41) is 10.4. The van der Waals surface area contributed by atoms with Crippen molar-refractivity contribution >= 4 is 45.1 Å². The first-order valence-corrected chi connectivity index (χ1v) is 12.5. The molecule has 7 heteroatoms. The quantitative estimate of drug-likeness (QED) is 0.334. The second kappa shape index (κ2) is 11.3. The van der Waals surface area contributed by atoms with Crippen molar-refractivity contribution in [2.24, 2.45) is 11.8 Å². The largest absolute Gasteiger partial charge is 0.480 e. The molecule has 4 atom stereocenters. The van der Waals surface area contributed by atoms with Crippen molar-refractivity contribution in [1.82, 2.24) is 0 Å². The summed E-state index contributed by atoms with van der Waals surface area (Å²) in [6.45, 7) is 10.2. The standard InChI is InChI=1S/C26H29BrCl2O4/c1-14(2)9-23-20(16-5-7-17(28)8-6-16)12-19(15(3)4)25(33-23)21-10-18(29)11-22(27)26(21)32-13-24(30)31/h5-8,10-11,14,19-20,23,25H,3,9,12-13H2,1-2,4H3,(H,30,31)/t19-,20-,23+,25+/m0/s1. The Labute approximate surface area is 214 Å². The van der Waals surface area contributed by atoms with Gasteiger partial charge in [-0.3, -0.25) is 0 Å². The van der Waals surface area contributed by atoms with Gasteiger partial charge in [-0.25, -0.2) is 4.79 Å². The summed E-state index contributed by atoms with van der Waals surface area (Å²) in [6.07, 6.45) is 1.30. The molecule has 178 valence electrons. The van der Waals surface area contributed by atoms with E-state index in [-0.39, 0.29) is 24.0 Å². The second-order valence-electron chi connectivity index (χ2n) is 9.06. The minimum absolute atomic E-state index is 0.00775. The van der Waals surface area contributed by atoms with E-state index in [0.717, 1.165) is 24.0 Å². The van der Waals surface area contributed by atoms with Crippen molar-refractivity contribution in [3.63, 3.8) is 0 Å². The summed E-state index contributed by atoms with van der Waals surface area (Å²) in [7, 11) is 0. The van der Waals surface area contributed by atoms with E-state index in [0.29, 0.717) is 26.2 Å². The molecule has 1 aliphatic rings. The molecule has 1 aliphatic heterocycles. The zero-order chi connectivity index (χ0) is 24.3. The third-order valence-corrected chi connectivity index (χ3v) is 7.02. The molecule has 0 saturated carbocycles. The first kappa shape index (κ1) is 26.1. The van der Waals surface area contributed by atoms with Crippen molar-refractivity contribution in [3.8, 4) is 5.75 Å². The van der Waals surface area contributed by atoms with Gasteiger partial charge in [0.15, 0.2) is 6.61 Å². The number of rotatable bonds is 8. The van der Waals surface area contributed by atoms with Gasteiger partial charge in [0.2, 0.25) is 0 Å². The third kappa shape index (κ3) is 6.54. The van der Waals surface area contributed by atoms with E-state index in [9.17, 15) is 4.79 Å². The monoisotopic (exact) mass is 554 g/mol. The molecule has 2 aromatic rings. The van der Waals surface area contributed by atoms with Crippen LogP contribution in [0.25, 0.3) is 0 Å². The summed E-state index contributed by atoms with van der Waals surface area (Å²) in [5.74, 6) is -0.0171. The van der Waals surface area contributed by atoms with E-state index < -0.39 is 12.6 Å². The highest BCUT2D eigenvalue weighted by Crippen LogP contribution is 2.51. The van der Waals surface area contributed by atoms with Crippen LogP contribution in [-0.2, 0) is 9.53 Å². The molecule has 1 heterocycles. The van der Waals surface area contributed by atoms with Gasteiger partial charge in [-0.05, 0) is 71.4 Å². The molecule has 0 unspecified atom stereocenters. The van der Waals surface area contributed by atoms with E-state index in [2.05, 4.69) is 48.5 Å². The van der Waals surface area contributed by atoms with Crippen LogP contribution in [0.1, 0.15) is 56.8 Å². The number of hydrogen-bond donors (Lipinski definition) is 1. The number of hydrogen-bond acceptors (Lipinski definition) is 3. The van der Waals surface area contributed by atoms with Gasteiger partial charge in [0.1, 0.15) is 5.75 Å². The lowest BCUT2D eigenvalue weighted by Crippen LogP contribution is -2.37. The van der Waals surface area contributed by atoms with E-state index in [4.69, 9.17) is 37.8 Å². The number of carboxylic acid groups (broad SMARTS) is 1. The fraction of sp³-hybridized carbons (Fsp3) is 0.423. The van der Waals surface area contributed by atoms with Crippen molar-refractivity contribution < 1.29 is 19.4 Å². The Morgan fingerprint density at radius 3 is 2.48 bits per heavy atom. The van der Waals surface area contributed by atoms with E-state index >= 15 is 0 Å². The van der Waals surface area contributed by atoms with Crippen LogP contribution in [0.15, 0.2) is 53.0 Å². The molecule has 0 bridgehead atoms. The molecule has 3 rings (SSSR count). The summed E-state index contributed by atoms with van der Waals surface area (Å²) in [6, 6.07) is 11.5. The van der Waals surface area contributed by atoms with Crippen molar-refractivity contribution in [1.29, 1.82) is 0 Å². The molecule has 1 fully saturated rings. The predicted molar refractivity (Wildman–Crippen MR) is 136 cm³/mol. The minimum atomic E-state index is -1.05. The maximum absolute atomic E-state index is 11.2. The van der Waals surface area contributed by atoms with Crippen LogP contribution in [0.3, 0.4) is 0 Å². The van der Waals surface area contributed by atoms with Crippen molar-refractivity contribution in [3.05, 3.63) is 74.2 Å². The molecule has 4 nitrogen and oxygen atoms in total. The summed E-state index contributed by atoms with van der Waals surface area (Å²) >= 11 is 16.0. The van der Waals surface area contributed by atoms with E-state index in [1.54, 1.807) is 12.1 Å². The van der Waals surface area contributed by atoms with Gasteiger partial charge in [-0.15, -0.1) is 0 Å². The molecule has 1 N–H and O–H groups in total. The Balaban J connectivity index is 2.06. The highest BCUT2D eigenvalue weighted by atomic mass is 79.9. The van der Waals surface area contributed by atoms with Crippen LogP contribution >= 0.6 is 39.1 Å². The Morgan fingerprint density at radius 2 is 1.91 bits per heavy atom. The van der Waals surface area contributed by atoms with Crippen LogP contribution in [0.5, 0.6) is 5.75 Å². The Hall–Kier alpha value is -1.53. The zero-order valence-electron chi connectivity index (χ0n) is 19.0. The van der Waals surface area contributed by atoms with Crippen LogP contribution in [0.2, 0.25) is 10.0 Å². The normalized spacial score (nSPS) is 22.9. The Kier molecular flexibility index (Phi) is 8.90. The number of carbonyl (C=O) groups is 1. The molecule has 2 aromatic carbocycles. The second-order valence-corrected chi connectivity index (χ2v) is 10.8. The molecule has 0 spiro atoms. The van der Waals surface area contributed by atoms with Gasteiger partial charge in [0, 0.05) is 27.4 Å². The fourth-order valence-corrected chi connectivity index (χ4v) is 5.57. The first-order valence-electron chi connectivity index (χ1n) is 11.0. The van der Waals surface area contributed by atoms with Gasteiger partial charge in [-0.2, -0.15) is 0 Å². The smallest absolute Gasteiger partial charge is 0.341 e. The van der Waals surface area contributed by atoms with Crippen LogP contribution in [0.4, 0.5) is 0 Å². The number of halogens is 3. The van der Waals surface area contributed by atoms with Crippen LogP contribution in [0, 0.1) is 11.8 Å².